The van der Waals surface area contributed by atoms with Crippen LogP contribution < -0.4 is 0 Å². The third-order valence-electron chi connectivity index (χ3n) is 1.84. The van der Waals surface area contributed by atoms with E-state index >= 15 is 0 Å². The van der Waals surface area contributed by atoms with Crippen molar-refractivity contribution in [2.24, 2.45) is 0 Å². The van der Waals surface area contributed by atoms with Gasteiger partial charge in [-0.15, -0.1) is 0 Å². The van der Waals surface area contributed by atoms with E-state index in [0.29, 0.717) is 13.2 Å². The monoisotopic (exact) mass is 181 g/mol. The quantitative estimate of drug-likeness (QED) is 0.685. The van der Waals surface area contributed by atoms with Crippen molar-refractivity contribution in [3.8, 4) is 0 Å². The zero-order valence-corrected chi connectivity index (χ0v) is 7.09. The molecule has 1 aliphatic rings. The highest BCUT2D eigenvalue weighted by molar-refractivity contribution is 5.10. The van der Waals surface area contributed by atoms with Gasteiger partial charge in [-0.25, -0.2) is 0 Å². The van der Waals surface area contributed by atoms with Crippen LogP contribution in [0.1, 0.15) is 11.9 Å². The smallest absolute Gasteiger partial charge is 0.185 e. The van der Waals surface area contributed by atoms with Crippen LogP contribution in [-0.4, -0.2) is 29.4 Å². The lowest BCUT2D eigenvalue weighted by Gasteiger charge is -2.26. The molecular weight excluding hydrogens is 170 g/mol. The fourth-order valence-electron chi connectivity index (χ4n) is 1.20. The molecule has 0 atom stereocenters. The SMILES string of the molecule is OC1COC(c2cccnc2)OC1. The molecule has 1 fully saturated rings. The Morgan fingerprint density at radius 2 is 2.15 bits per heavy atom. The first-order valence-corrected chi connectivity index (χ1v) is 4.17. The van der Waals surface area contributed by atoms with Gasteiger partial charge in [-0.1, -0.05) is 6.07 Å². The number of pyridine rings is 1. The molecule has 4 heteroatoms. The highest BCUT2D eigenvalue weighted by Crippen LogP contribution is 2.21. The highest BCUT2D eigenvalue weighted by Gasteiger charge is 2.21. The molecule has 1 aliphatic heterocycles. The van der Waals surface area contributed by atoms with Gasteiger partial charge in [-0.2, -0.15) is 0 Å². The fourth-order valence-corrected chi connectivity index (χ4v) is 1.20. The van der Waals surface area contributed by atoms with Crippen LogP contribution in [0.2, 0.25) is 0 Å². The van der Waals surface area contributed by atoms with E-state index in [9.17, 15) is 0 Å². The molecule has 0 aromatic carbocycles. The minimum atomic E-state index is -0.507. The number of aliphatic hydroxyl groups excluding tert-OH is 1. The van der Waals surface area contributed by atoms with E-state index in [-0.39, 0.29) is 6.29 Å². The van der Waals surface area contributed by atoms with Crippen molar-refractivity contribution in [3.05, 3.63) is 30.1 Å². The van der Waals surface area contributed by atoms with Gasteiger partial charge < -0.3 is 14.6 Å². The molecule has 0 spiro atoms. The van der Waals surface area contributed by atoms with Crippen molar-refractivity contribution >= 4 is 0 Å². The Kier molecular flexibility index (Phi) is 2.54. The number of ether oxygens (including phenoxy) is 2. The normalized spacial score (nSPS) is 28.7. The van der Waals surface area contributed by atoms with E-state index in [2.05, 4.69) is 4.98 Å². The number of aromatic nitrogens is 1. The third-order valence-corrected chi connectivity index (χ3v) is 1.84. The summed E-state index contributed by atoms with van der Waals surface area (Å²) < 4.78 is 10.5. The molecule has 1 N–H and O–H groups in total. The maximum Gasteiger partial charge on any atom is 0.185 e. The van der Waals surface area contributed by atoms with E-state index in [1.165, 1.54) is 0 Å². The van der Waals surface area contributed by atoms with E-state index in [1.807, 2.05) is 12.1 Å². The van der Waals surface area contributed by atoms with Gasteiger partial charge in [0, 0.05) is 18.0 Å². The van der Waals surface area contributed by atoms with E-state index < -0.39 is 6.10 Å². The predicted molar refractivity (Wildman–Crippen MR) is 44.9 cm³/mol. The Morgan fingerprint density at radius 3 is 2.77 bits per heavy atom. The summed E-state index contributed by atoms with van der Waals surface area (Å²) in [6.07, 6.45) is 2.51. The largest absolute Gasteiger partial charge is 0.388 e. The lowest BCUT2D eigenvalue weighted by Crippen LogP contribution is -2.30. The minimum Gasteiger partial charge on any atom is -0.388 e. The summed E-state index contributed by atoms with van der Waals surface area (Å²) in [7, 11) is 0. The van der Waals surface area contributed by atoms with E-state index in [4.69, 9.17) is 14.6 Å². The van der Waals surface area contributed by atoms with Crippen molar-refractivity contribution < 1.29 is 14.6 Å². The first-order valence-electron chi connectivity index (χ1n) is 4.17. The number of hydrogen-bond acceptors (Lipinski definition) is 4. The van der Waals surface area contributed by atoms with Gasteiger partial charge in [-0.3, -0.25) is 4.98 Å². The van der Waals surface area contributed by atoms with Crippen LogP contribution in [0.15, 0.2) is 24.5 Å². The van der Waals surface area contributed by atoms with Crippen molar-refractivity contribution in [1.82, 2.24) is 4.98 Å². The van der Waals surface area contributed by atoms with Crippen LogP contribution in [0.4, 0.5) is 0 Å². The van der Waals surface area contributed by atoms with Crippen molar-refractivity contribution in [2.45, 2.75) is 12.4 Å². The second-order valence-corrected chi connectivity index (χ2v) is 2.94. The lowest BCUT2D eigenvalue weighted by atomic mass is 10.2. The summed E-state index contributed by atoms with van der Waals surface area (Å²) in [5.41, 5.74) is 0.884. The summed E-state index contributed by atoms with van der Waals surface area (Å²) >= 11 is 0. The van der Waals surface area contributed by atoms with Crippen molar-refractivity contribution in [3.63, 3.8) is 0 Å². The Balaban J connectivity index is 2.03. The Hall–Kier alpha value is -0.970. The lowest BCUT2D eigenvalue weighted by molar-refractivity contribution is -0.220. The van der Waals surface area contributed by atoms with Gasteiger partial charge in [0.2, 0.25) is 0 Å². The van der Waals surface area contributed by atoms with Gasteiger partial charge in [0.15, 0.2) is 6.29 Å². The number of hydrogen-bond donors (Lipinski definition) is 1. The second-order valence-electron chi connectivity index (χ2n) is 2.94. The summed E-state index contributed by atoms with van der Waals surface area (Å²) in [6, 6.07) is 3.71. The van der Waals surface area contributed by atoms with E-state index in [1.54, 1.807) is 12.4 Å². The molecule has 0 amide bonds. The molecule has 13 heavy (non-hydrogen) atoms. The zero-order valence-electron chi connectivity index (χ0n) is 7.09. The summed E-state index contributed by atoms with van der Waals surface area (Å²) in [5.74, 6) is 0. The molecular formula is C9H11NO3. The average Bonchev–Trinajstić information content (AvgIpc) is 2.20. The molecule has 0 bridgehead atoms. The highest BCUT2D eigenvalue weighted by atomic mass is 16.7. The van der Waals surface area contributed by atoms with Gasteiger partial charge >= 0.3 is 0 Å². The third kappa shape index (κ3) is 2.03. The molecule has 1 aromatic rings. The zero-order chi connectivity index (χ0) is 9.10. The molecule has 70 valence electrons. The molecule has 0 aliphatic carbocycles. The molecule has 1 saturated heterocycles. The van der Waals surface area contributed by atoms with Gasteiger partial charge in [0.05, 0.1) is 13.2 Å². The number of rotatable bonds is 1. The molecule has 4 nitrogen and oxygen atoms in total. The maximum atomic E-state index is 9.11. The van der Waals surface area contributed by atoms with Crippen molar-refractivity contribution in [1.29, 1.82) is 0 Å². The molecule has 2 rings (SSSR count). The fraction of sp³-hybridized carbons (Fsp3) is 0.444. The minimum absolute atomic E-state index is 0.319. The van der Waals surface area contributed by atoms with Crippen LogP contribution in [-0.2, 0) is 9.47 Å². The van der Waals surface area contributed by atoms with Crippen LogP contribution >= 0.6 is 0 Å². The second kappa shape index (κ2) is 3.83. The summed E-state index contributed by atoms with van der Waals surface area (Å²) in [6.45, 7) is 0.638. The Labute approximate surface area is 76.1 Å². The molecule has 0 unspecified atom stereocenters. The molecule has 1 aromatic heterocycles. The maximum absolute atomic E-state index is 9.11. The molecule has 2 heterocycles. The first-order chi connectivity index (χ1) is 6.36. The van der Waals surface area contributed by atoms with Gasteiger partial charge in [0.1, 0.15) is 6.10 Å². The topological polar surface area (TPSA) is 51.6 Å². The van der Waals surface area contributed by atoms with Crippen LogP contribution in [0.5, 0.6) is 0 Å². The van der Waals surface area contributed by atoms with Gasteiger partial charge in [-0.05, 0) is 6.07 Å². The van der Waals surface area contributed by atoms with Crippen LogP contribution in [0.3, 0.4) is 0 Å². The predicted octanol–water partition coefficient (Wildman–Crippen LogP) is 0.488. The first kappa shape index (κ1) is 8.62. The number of aliphatic hydroxyl groups is 1. The average molecular weight is 181 g/mol. The molecule has 0 radical (unpaired) electrons. The van der Waals surface area contributed by atoms with Crippen molar-refractivity contribution in [2.75, 3.05) is 13.2 Å². The standard InChI is InChI=1S/C9H11NO3/c11-8-5-12-9(13-6-8)7-2-1-3-10-4-7/h1-4,8-9,11H,5-6H2. The van der Waals surface area contributed by atoms with Gasteiger partial charge in [0.25, 0.3) is 0 Å². The molecule has 0 saturated carbocycles. The van der Waals surface area contributed by atoms with E-state index in [0.717, 1.165) is 5.56 Å². The van der Waals surface area contributed by atoms with Crippen LogP contribution in [0.25, 0.3) is 0 Å². The number of nitrogens with zero attached hydrogens (tertiary/aromatic N) is 1. The Morgan fingerprint density at radius 1 is 1.38 bits per heavy atom. The summed E-state index contributed by atoms with van der Waals surface area (Å²) in [5, 5.41) is 9.11. The summed E-state index contributed by atoms with van der Waals surface area (Å²) in [4.78, 5) is 3.96. The van der Waals surface area contributed by atoms with Crippen LogP contribution in [0, 0.1) is 0 Å². The Bertz CT molecular complexity index is 257.